The Bertz CT molecular complexity index is 291. The van der Waals surface area contributed by atoms with Crippen LogP contribution in [0.5, 0.6) is 0 Å². The highest BCUT2D eigenvalue weighted by Gasteiger charge is 2.47. The van der Waals surface area contributed by atoms with E-state index in [0.717, 1.165) is 23.9 Å². The summed E-state index contributed by atoms with van der Waals surface area (Å²) >= 11 is 0. The minimum absolute atomic E-state index is 0.411. The fourth-order valence-electron chi connectivity index (χ4n) is 4.26. The maximum Gasteiger partial charge on any atom is 0.0309 e. The van der Waals surface area contributed by atoms with Gasteiger partial charge in [0, 0.05) is 30.7 Å². The second-order valence-corrected chi connectivity index (χ2v) is 7.49. The number of nitrogens with one attached hydrogen (secondary N) is 1. The molecule has 2 saturated carbocycles. The van der Waals surface area contributed by atoms with Crippen LogP contribution in [-0.2, 0) is 0 Å². The van der Waals surface area contributed by atoms with Crippen LogP contribution in [0.3, 0.4) is 0 Å². The van der Waals surface area contributed by atoms with Crippen LogP contribution in [0.1, 0.15) is 59.3 Å². The van der Waals surface area contributed by atoms with Gasteiger partial charge in [-0.3, -0.25) is 4.90 Å². The molecule has 18 heavy (non-hydrogen) atoms. The third kappa shape index (κ3) is 2.34. The summed E-state index contributed by atoms with van der Waals surface area (Å²) in [6.45, 7) is 9.78. The van der Waals surface area contributed by atoms with Crippen LogP contribution >= 0.6 is 0 Å². The summed E-state index contributed by atoms with van der Waals surface area (Å²) in [5.41, 5.74) is 0.411. The Morgan fingerprint density at radius 1 is 1.11 bits per heavy atom. The quantitative estimate of drug-likeness (QED) is 0.828. The molecule has 1 aliphatic heterocycles. The van der Waals surface area contributed by atoms with E-state index in [4.69, 9.17) is 0 Å². The standard InChI is InChI=1S/C16H30N2/c1-12(2)15-10-17-16(3,13-8-9-13)11-18(15)14-6-4-5-7-14/h12-15,17H,4-11H2,1-3H3. The molecule has 0 radical (unpaired) electrons. The van der Waals surface area contributed by atoms with E-state index in [0.29, 0.717) is 5.54 Å². The molecule has 0 amide bonds. The van der Waals surface area contributed by atoms with Gasteiger partial charge in [0.25, 0.3) is 0 Å². The van der Waals surface area contributed by atoms with Gasteiger partial charge in [-0.1, -0.05) is 26.7 Å². The summed E-state index contributed by atoms with van der Waals surface area (Å²) in [5, 5.41) is 3.90. The Morgan fingerprint density at radius 3 is 2.33 bits per heavy atom. The van der Waals surface area contributed by atoms with Gasteiger partial charge in [-0.2, -0.15) is 0 Å². The highest BCUT2D eigenvalue weighted by atomic mass is 15.3. The van der Waals surface area contributed by atoms with Gasteiger partial charge in [-0.25, -0.2) is 0 Å². The first-order valence-electron chi connectivity index (χ1n) is 8.11. The molecule has 3 aliphatic rings. The first-order chi connectivity index (χ1) is 8.60. The molecule has 0 aromatic heterocycles. The Hall–Kier alpha value is -0.0800. The Balaban J connectivity index is 1.74. The van der Waals surface area contributed by atoms with Crippen molar-refractivity contribution < 1.29 is 0 Å². The van der Waals surface area contributed by atoms with E-state index in [-0.39, 0.29) is 0 Å². The summed E-state index contributed by atoms with van der Waals surface area (Å²) in [6, 6.07) is 1.65. The van der Waals surface area contributed by atoms with Crippen LogP contribution in [0, 0.1) is 11.8 Å². The molecule has 3 fully saturated rings. The predicted octanol–water partition coefficient (Wildman–Crippen LogP) is 3.03. The van der Waals surface area contributed by atoms with Gasteiger partial charge in [-0.15, -0.1) is 0 Å². The summed E-state index contributed by atoms with van der Waals surface area (Å²) in [6.07, 6.45) is 8.72. The first kappa shape index (κ1) is 12.9. The van der Waals surface area contributed by atoms with Gasteiger partial charge >= 0.3 is 0 Å². The SMILES string of the molecule is CC(C)C1CNC(C)(C2CC2)CN1C1CCCC1. The second-order valence-electron chi connectivity index (χ2n) is 7.49. The highest BCUT2D eigenvalue weighted by molar-refractivity contribution is 5.05. The van der Waals surface area contributed by atoms with E-state index in [1.54, 1.807) is 0 Å². The zero-order chi connectivity index (χ0) is 12.8. The molecule has 2 heteroatoms. The number of hydrogen-bond acceptors (Lipinski definition) is 2. The molecule has 1 heterocycles. The molecule has 0 spiro atoms. The lowest BCUT2D eigenvalue weighted by Crippen LogP contribution is -2.66. The van der Waals surface area contributed by atoms with E-state index in [2.05, 4.69) is 31.0 Å². The van der Waals surface area contributed by atoms with Crippen LogP contribution in [0.15, 0.2) is 0 Å². The molecule has 0 aromatic rings. The monoisotopic (exact) mass is 250 g/mol. The minimum Gasteiger partial charge on any atom is -0.308 e. The van der Waals surface area contributed by atoms with Crippen molar-refractivity contribution in [3.05, 3.63) is 0 Å². The fraction of sp³-hybridized carbons (Fsp3) is 1.00. The number of rotatable bonds is 3. The van der Waals surface area contributed by atoms with Gasteiger partial charge in [0.15, 0.2) is 0 Å². The molecule has 3 rings (SSSR count). The molecule has 2 atom stereocenters. The van der Waals surface area contributed by atoms with Crippen molar-refractivity contribution in [2.24, 2.45) is 11.8 Å². The highest BCUT2D eigenvalue weighted by Crippen LogP contribution is 2.43. The zero-order valence-corrected chi connectivity index (χ0v) is 12.4. The van der Waals surface area contributed by atoms with E-state index in [1.165, 1.54) is 51.6 Å². The lowest BCUT2D eigenvalue weighted by molar-refractivity contribution is 0.0201. The van der Waals surface area contributed by atoms with Crippen molar-refractivity contribution in [3.63, 3.8) is 0 Å². The van der Waals surface area contributed by atoms with Gasteiger partial charge in [0.1, 0.15) is 0 Å². The summed E-state index contributed by atoms with van der Waals surface area (Å²) < 4.78 is 0. The number of piperazine rings is 1. The Morgan fingerprint density at radius 2 is 1.78 bits per heavy atom. The third-order valence-corrected chi connectivity index (χ3v) is 5.69. The van der Waals surface area contributed by atoms with Crippen LogP contribution in [-0.4, -0.2) is 35.6 Å². The van der Waals surface area contributed by atoms with Gasteiger partial charge in [0.2, 0.25) is 0 Å². The van der Waals surface area contributed by atoms with Gasteiger partial charge < -0.3 is 5.32 Å². The number of nitrogens with zero attached hydrogens (tertiary/aromatic N) is 1. The topological polar surface area (TPSA) is 15.3 Å². The lowest BCUT2D eigenvalue weighted by Gasteiger charge is -2.50. The largest absolute Gasteiger partial charge is 0.308 e. The van der Waals surface area contributed by atoms with Crippen LogP contribution in [0.4, 0.5) is 0 Å². The van der Waals surface area contributed by atoms with E-state index in [1.807, 2.05) is 0 Å². The maximum absolute atomic E-state index is 3.90. The predicted molar refractivity (Wildman–Crippen MR) is 76.7 cm³/mol. The second kappa shape index (κ2) is 4.79. The molecule has 0 aromatic carbocycles. The van der Waals surface area contributed by atoms with Crippen molar-refractivity contribution in [1.82, 2.24) is 10.2 Å². The Kier molecular flexibility index (Phi) is 3.44. The summed E-state index contributed by atoms with van der Waals surface area (Å²) in [4.78, 5) is 2.90. The Labute approximate surface area is 113 Å². The molecule has 104 valence electrons. The van der Waals surface area contributed by atoms with Crippen molar-refractivity contribution in [1.29, 1.82) is 0 Å². The smallest absolute Gasteiger partial charge is 0.0309 e. The van der Waals surface area contributed by atoms with Gasteiger partial charge in [0.05, 0.1) is 0 Å². The maximum atomic E-state index is 3.90. The molecule has 2 aliphatic carbocycles. The van der Waals surface area contributed by atoms with Gasteiger partial charge in [-0.05, 0) is 44.4 Å². The van der Waals surface area contributed by atoms with Crippen LogP contribution in [0.2, 0.25) is 0 Å². The van der Waals surface area contributed by atoms with Crippen molar-refractivity contribution >= 4 is 0 Å². The fourth-order valence-corrected chi connectivity index (χ4v) is 4.26. The molecule has 2 unspecified atom stereocenters. The van der Waals surface area contributed by atoms with Crippen molar-refractivity contribution in [2.75, 3.05) is 13.1 Å². The molecule has 0 bridgehead atoms. The molecular weight excluding hydrogens is 220 g/mol. The normalized spacial score (nSPS) is 39.7. The van der Waals surface area contributed by atoms with E-state index >= 15 is 0 Å². The first-order valence-corrected chi connectivity index (χ1v) is 8.11. The summed E-state index contributed by atoms with van der Waals surface area (Å²) in [7, 11) is 0. The molecular formula is C16H30N2. The van der Waals surface area contributed by atoms with Crippen molar-refractivity contribution in [2.45, 2.75) is 76.9 Å². The van der Waals surface area contributed by atoms with Crippen LogP contribution in [0.25, 0.3) is 0 Å². The average molecular weight is 250 g/mol. The van der Waals surface area contributed by atoms with Crippen LogP contribution < -0.4 is 5.32 Å². The zero-order valence-electron chi connectivity index (χ0n) is 12.4. The third-order valence-electron chi connectivity index (χ3n) is 5.69. The molecule has 1 saturated heterocycles. The van der Waals surface area contributed by atoms with Crippen molar-refractivity contribution in [3.8, 4) is 0 Å². The molecule has 2 nitrogen and oxygen atoms in total. The van der Waals surface area contributed by atoms with E-state index in [9.17, 15) is 0 Å². The lowest BCUT2D eigenvalue weighted by atomic mass is 9.86. The minimum atomic E-state index is 0.411. The molecule has 1 N–H and O–H groups in total. The average Bonchev–Trinajstić information content (AvgIpc) is 3.06. The summed E-state index contributed by atoms with van der Waals surface area (Å²) in [5.74, 6) is 1.73. The number of hydrogen-bond donors (Lipinski definition) is 1. The van der Waals surface area contributed by atoms with E-state index < -0.39 is 0 Å².